The van der Waals surface area contributed by atoms with Gasteiger partial charge in [-0.05, 0) is 0 Å². The molecule has 0 aromatic heterocycles. The molecule has 0 heterocycles. The molecule has 0 aliphatic heterocycles. The lowest BCUT2D eigenvalue weighted by Crippen LogP contribution is -2.44. The van der Waals surface area contributed by atoms with Gasteiger partial charge >= 0.3 is 0 Å². The summed E-state index contributed by atoms with van der Waals surface area (Å²) in [6, 6.07) is 0. The SMILES string of the molecule is CN(C)[S+](N(C)C)N(C)C.O=S([O-])F. The van der Waals surface area contributed by atoms with Crippen molar-refractivity contribution in [2.24, 2.45) is 0 Å². The molecular formula is C6H18FN3O2S2. The Morgan fingerprint density at radius 2 is 1.14 bits per heavy atom. The summed E-state index contributed by atoms with van der Waals surface area (Å²) in [5.41, 5.74) is 0. The second kappa shape index (κ2) is 8.57. The van der Waals surface area contributed by atoms with Gasteiger partial charge < -0.3 is 4.55 Å². The van der Waals surface area contributed by atoms with Crippen molar-refractivity contribution in [3.8, 4) is 0 Å². The predicted octanol–water partition coefficient (Wildman–Crippen LogP) is -0.215. The lowest BCUT2D eigenvalue weighted by molar-refractivity contribution is 0.493. The number of nitrogens with zero attached hydrogens (tertiary/aromatic N) is 3. The first-order valence-corrected chi connectivity index (χ1v) is 5.79. The Hall–Kier alpha value is 0.270. The van der Waals surface area contributed by atoms with Gasteiger partial charge in [0.15, 0.2) is 0 Å². The molecule has 0 aromatic rings. The zero-order valence-corrected chi connectivity index (χ0v) is 11.0. The zero-order valence-electron chi connectivity index (χ0n) is 9.35. The summed E-state index contributed by atoms with van der Waals surface area (Å²) in [4.78, 5) is 0. The molecule has 0 aromatic carbocycles. The first-order valence-electron chi connectivity index (χ1n) is 3.72. The Morgan fingerprint density at radius 3 is 1.14 bits per heavy atom. The van der Waals surface area contributed by atoms with Gasteiger partial charge in [-0.1, -0.05) is 12.9 Å². The second-order valence-electron chi connectivity index (χ2n) is 2.88. The van der Waals surface area contributed by atoms with Crippen LogP contribution in [0.4, 0.5) is 3.89 Å². The van der Waals surface area contributed by atoms with Crippen molar-refractivity contribution in [2.75, 3.05) is 42.3 Å². The molecule has 0 bridgehead atoms. The molecule has 88 valence electrons. The van der Waals surface area contributed by atoms with E-state index in [4.69, 9.17) is 8.76 Å². The molecule has 5 nitrogen and oxygen atoms in total. The van der Waals surface area contributed by atoms with Gasteiger partial charge in [-0.15, -0.1) is 3.89 Å². The van der Waals surface area contributed by atoms with Gasteiger partial charge in [0.2, 0.25) is 0 Å². The molecule has 0 amide bonds. The van der Waals surface area contributed by atoms with Crippen LogP contribution < -0.4 is 0 Å². The minimum atomic E-state index is -3.36. The highest BCUT2D eigenvalue weighted by Crippen LogP contribution is 2.05. The first-order chi connectivity index (χ1) is 6.20. The van der Waals surface area contributed by atoms with E-state index in [1.165, 1.54) is 0 Å². The maximum atomic E-state index is 9.92. The van der Waals surface area contributed by atoms with Crippen LogP contribution in [0.25, 0.3) is 0 Å². The van der Waals surface area contributed by atoms with E-state index >= 15 is 0 Å². The third-order valence-corrected chi connectivity index (χ3v) is 2.94. The fraction of sp³-hybridized carbons (Fsp3) is 1.00. The Labute approximate surface area is 91.2 Å². The third kappa shape index (κ3) is 10.4. The highest BCUT2D eigenvalue weighted by atomic mass is 32.2. The predicted molar refractivity (Wildman–Crippen MR) is 58.5 cm³/mol. The van der Waals surface area contributed by atoms with Crippen LogP contribution in [0.15, 0.2) is 0 Å². The van der Waals surface area contributed by atoms with Gasteiger partial charge in [0.25, 0.3) is 11.5 Å². The van der Waals surface area contributed by atoms with Crippen LogP contribution in [0.3, 0.4) is 0 Å². The molecule has 1 atom stereocenters. The van der Waals surface area contributed by atoms with Gasteiger partial charge in [0, 0.05) is 42.3 Å². The van der Waals surface area contributed by atoms with Crippen molar-refractivity contribution in [2.45, 2.75) is 0 Å². The van der Waals surface area contributed by atoms with Crippen LogP contribution in [0, 0.1) is 0 Å². The van der Waals surface area contributed by atoms with Gasteiger partial charge in [0.05, 0.1) is 0 Å². The average molecular weight is 247 g/mol. The quantitative estimate of drug-likeness (QED) is 0.392. The monoisotopic (exact) mass is 247 g/mol. The van der Waals surface area contributed by atoms with E-state index in [-0.39, 0.29) is 11.5 Å². The van der Waals surface area contributed by atoms with Gasteiger partial charge in [0.1, 0.15) is 11.5 Å². The van der Waals surface area contributed by atoms with Crippen LogP contribution in [-0.2, 0) is 22.9 Å². The van der Waals surface area contributed by atoms with Crippen LogP contribution in [0.5, 0.6) is 0 Å². The van der Waals surface area contributed by atoms with E-state index in [2.05, 4.69) is 55.2 Å². The molecule has 0 saturated heterocycles. The molecule has 0 spiro atoms. The molecule has 0 N–H and O–H groups in total. The van der Waals surface area contributed by atoms with Crippen molar-refractivity contribution < 1.29 is 12.6 Å². The summed E-state index contributed by atoms with van der Waals surface area (Å²) in [7, 11) is 12.5. The van der Waals surface area contributed by atoms with Crippen LogP contribution >= 0.6 is 0 Å². The zero-order chi connectivity index (χ0) is 11.9. The van der Waals surface area contributed by atoms with Crippen molar-refractivity contribution in [3.05, 3.63) is 0 Å². The topological polar surface area (TPSA) is 49.8 Å². The molecule has 1 unspecified atom stereocenters. The van der Waals surface area contributed by atoms with Crippen molar-refractivity contribution >= 4 is 22.9 Å². The summed E-state index contributed by atoms with van der Waals surface area (Å²) in [5.74, 6) is 0. The Morgan fingerprint density at radius 1 is 1.00 bits per heavy atom. The van der Waals surface area contributed by atoms with E-state index in [9.17, 15) is 3.89 Å². The van der Waals surface area contributed by atoms with Gasteiger partial charge in [-0.25, -0.2) is 4.21 Å². The smallest absolute Gasteiger partial charge is 0.266 e. The minimum Gasteiger partial charge on any atom is -0.746 e. The highest BCUT2D eigenvalue weighted by Gasteiger charge is 2.29. The van der Waals surface area contributed by atoms with Crippen LogP contribution in [0.2, 0.25) is 0 Å². The summed E-state index contributed by atoms with van der Waals surface area (Å²) >= 11 is -3.24. The Kier molecular flexibility index (Phi) is 10.2. The van der Waals surface area contributed by atoms with E-state index in [1.54, 1.807) is 0 Å². The molecule has 0 aliphatic rings. The number of rotatable bonds is 3. The van der Waals surface area contributed by atoms with Crippen LogP contribution in [-0.4, -0.2) is 64.0 Å². The molecule has 0 radical (unpaired) electrons. The largest absolute Gasteiger partial charge is 0.746 e. The molecule has 14 heavy (non-hydrogen) atoms. The Balaban J connectivity index is 0. The molecule has 0 saturated carbocycles. The summed E-state index contributed by atoms with van der Waals surface area (Å²) in [5, 5.41) is 0. The summed E-state index contributed by atoms with van der Waals surface area (Å²) in [6.45, 7) is 0. The lowest BCUT2D eigenvalue weighted by atomic mass is 11.2. The van der Waals surface area contributed by atoms with E-state index < -0.39 is 11.5 Å². The van der Waals surface area contributed by atoms with Crippen molar-refractivity contribution in [1.82, 2.24) is 12.9 Å². The molecular weight excluding hydrogens is 229 g/mol. The molecule has 0 fully saturated rings. The first kappa shape index (κ1) is 16.7. The number of hydrogen-bond donors (Lipinski definition) is 0. The molecule has 8 heteroatoms. The number of hydrogen-bond acceptors (Lipinski definition) is 5. The number of halogens is 1. The highest BCUT2D eigenvalue weighted by molar-refractivity contribution is 7.90. The standard InChI is InChI=1S/C6H18N3S.FHO2S/c1-7(2)10(8(3)4)9(5)6;1-4(2)3/h1-6H3;(H,2,3)/q+1;/p-1. The van der Waals surface area contributed by atoms with Crippen LogP contribution in [0.1, 0.15) is 0 Å². The maximum absolute atomic E-state index is 9.92. The summed E-state index contributed by atoms with van der Waals surface area (Å²) < 4.78 is 33.2. The molecule has 0 rings (SSSR count). The fourth-order valence-corrected chi connectivity index (χ4v) is 2.94. The minimum absolute atomic E-state index is 0.120. The van der Waals surface area contributed by atoms with E-state index in [0.29, 0.717) is 0 Å². The van der Waals surface area contributed by atoms with Gasteiger partial charge in [-0.3, -0.25) is 0 Å². The van der Waals surface area contributed by atoms with Crippen molar-refractivity contribution in [1.29, 1.82) is 0 Å². The Bertz CT molecular complexity index is 146. The normalized spacial score (nSPS) is 13.4. The lowest BCUT2D eigenvalue weighted by Gasteiger charge is -2.20. The van der Waals surface area contributed by atoms with E-state index in [0.717, 1.165) is 0 Å². The molecule has 0 aliphatic carbocycles. The average Bonchev–Trinajstić information content (AvgIpc) is 1.80. The second-order valence-corrected chi connectivity index (χ2v) is 5.94. The summed E-state index contributed by atoms with van der Waals surface area (Å²) in [6.07, 6.45) is 0. The van der Waals surface area contributed by atoms with E-state index in [1.807, 2.05) is 0 Å². The fourth-order valence-electron chi connectivity index (χ4n) is 0.980. The van der Waals surface area contributed by atoms with Crippen molar-refractivity contribution in [3.63, 3.8) is 0 Å². The van der Waals surface area contributed by atoms with Gasteiger partial charge in [-0.2, -0.15) is 0 Å². The maximum Gasteiger partial charge on any atom is 0.266 e. The third-order valence-electron chi connectivity index (χ3n) is 0.980.